The van der Waals surface area contributed by atoms with Gasteiger partial charge in [0.1, 0.15) is 5.82 Å². The number of amides is 2. The summed E-state index contributed by atoms with van der Waals surface area (Å²) in [5.74, 6) is -0.0420. The molecule has 10 heteroatoms. The van der Waals surface area contributed by atoms with Crippen molar-refractivity contribution in [2.75, 3.05) is 17.2 Å². The molecule has 0 aliphatic rings. The van der Waals surface area contributed by atoms with Gasteiger partial charge in [-0.1, -0.05) is 19.1 Å². The molecule has 1 aromatic heterocycles. The van der Waals surface area contributed by atoms with Crippen molar-refractivity contribution >= 4 is 39.4 Å². The Bertz CT molecular complexity index is 942. The van der Waals surface area contributed by atoms with Gasteiger partial charge < -0.3 is 27.4 Å². The molecule has 2 amide bonds. The summed E-state index contributed by atoms with van der Waals surface area (Å²) in [5.41, 5.74) is 13.7. The van der Waals surface area contributed by atoms with E-state index < -0.39 is 11.1 Å². The molecule has 9 nitrogen and oxygen atoms in total. The van der Waals surface area contributed by atoms with Crippen LogP contribution in [0.25, 0.3) is 0 Å². The molecule has 7 N–H and O–H groups in total. The van der Waals surface area contributed by atoms with Gasteiger partial charge in [-0.25, -0.2) is 9.97 Å². The Morgan fingerprint density at radius 1 is 1.23 bits per heavy atom. The van der Waals surface area contributed by atoms with E-state index in [4.69, 9.17) is 11.5 Å². The minimum Gasteiger partial charge on any atom is -0.366 e. The zero-order chi connectivity index (χ0) is 23.2. The number of carbonyl (C=O) groups is 2. The summed E-state index contributed by atoms with van der Waals surface area (Å²) < 4.78 is 0. The van der Waals surface area contributed by atoms with Gasteiger partial charge in [0.25, 0.3) is 5.91 Å². The molecule has 0 bridgehead atoms. The Kier molecular flexibility index (Phi) is 8.12. The summed E-state index contributed by atoms with van der Waals surface area (Å²) in [6.07, 6.45) is 1.22. The second-order valence-corrected chi connectivity index (χ2v) is 8.81. The summed E-state index contributed by atoms with van der Waals surface area (Å²) in [4.78, 5) is 32.8. The molecular weight excluding hydrogens is 410 g/mol. The molecule has 165 valence electrons. The largest absolute Gasteiger partial charge is 0.366 e. The van der Waals surface area contributed by atoms with Crippen molar-refractivity contribution in [2.45, 2.75) is 51.7 Å². The number of carbonyl (C=O) groups excluding carboxylic acids is 2. The molecule has 0 saturated carbocycles. The van der Waals surface area contributed by atoms with Crippen molar-refractivity contribution in [3.8, 4) is 0 Å². The smallest absolute Gasteiger partial charge is 0.271 e. The van der Waals surface area contributed by atoms with Crippen molar-refractivity contribution in [3.63, 3.8) is 0 Å². The second kappa shape index (κ2) is 10.4. The lowest BCUT2D eigenvalue weighted by molar-refractivity contribution is -0.123. The number of nitrogens with two attached hydrogens (primary N) is 2. The van der Waals surface area contributed by atoms with Crippen LogP contribution in [-0.2, 0) is 17.6 Å². The van der Waals surface area contributed by atoms with Crippen LogP contribution in [0.4, 0.5) is 17.3 Å². The van der Waals surface area contributed by atoms with Gasteiger partial charge in [0, 0.05) is 18.3 Å². The van der Waals surface area contributed by atoms with E-state index in [1.807, 2.05) is 45.0 Å². The van der Waals surface area contributed by atoms with Crippen LogP contribution in [0.2, 0.25) is 0 Å². The van der Waals surface area contributed by atoms with E-state index in [-0.39, 0.29) is 23.5 Å². The van der Waals surface area contributed by atoms with E-state index in [0.717, 1.165) is 11.3 Å². The molecule has 0 aliphatic carbocycles. The number of nitrogens with zero attached hydrogens (tertiary/aromatic N) is 2. The molecule has 2 rings (SSSR count). The second-order valence-electron chi connectivity index (χ2n) is 7.77. The Hall–Kier alpha value is -2.98. The van der Waals surface area contributed by atoms with Crippen LogP contribution in [0, 0.1) is 0 Å². The molecule has 0 saturated heterocycles. The maximum Gasteiger partial charge on any atom is 0.271 e. The molecular formula is C21H30N7O2Si. The fourth-order valence-corrected chi connectivity index (χ4v) is 2.90. The van der Waals surface area contributed by atoms with Gasteiger partial charge in [-0.3, -0.25) is 9.59 Å². The predicted molar refractivity (Wildman–Crippen MR) is 123 cm³/mol. The summed E-state index contributed by atoms with van der Waals surface area (Å²) in [5, 5.41) is 8.08. The van der Waals surface area contributed by atoms with E-state index in [9.17, 15) is 9.59 Å². The Labute approximate surface area is 186 Å². The summed E-state index contributed by atoms with van der Waals surface area (Å²) >= 11 is 0. The average Bonchev–Trinajstić information content (AvgIpc) is 2.67. The number of primary amides is 1. The Balaban J connectivity index is 2.22. The van der Waals surface area contributed by atoms with Crippen LogP contribution < -0.4 is 27.4 Å². The number of hydrogen-bond donors (Lipinski definition) is 5. The third kappa shape index (κ3) is 7.04. The third-order valence-corrected chi connectivity index (χ3v) is 4.55. The number of aryl methyl sites for hydroxylation is 1. The normalized spacial score (nSPS) is 12.9. The highest BCUT2D eigenvalue weighted by Gasteiger charge is 2.21. The monoisotopic (exact) mass is 440 g/mol. The van der Waals surface area contributed by atoms with Gasteiger partial charge in [0.2, 0.25) is 5.91 Å². The lowest BCUT2D eigenvalue weighted by Gasteiger charge is -2.18. The highest BCUT2D eigenvalue weighted by molar-refractivity contribution is 6.27. The maximum atomic E-state index is 12.0. The fraction of sp³-hybridized carbons (Fsp3) is 0.429. The molecule has 3 radical (unpaired) electrons. The number of hydrogen-bond acceptors (Lipinski definition) is 7. The highest BCUT2D eigenvalue weighted by atomic mass is 28.1. The zero-order valence-corrected chi connectivity index (χ0v) is 19.4. The van der Waals surface area contributed by atoms with Crippen molar-refractivity contribution in [1.82, 2.24) is 15.3 Å². The highest BCUT2D eigenvalue weighted by Crippen LogP contribution is 2.23. The molecule has 0 spiro atoms. The Morgan fingerprint density at radius 3 is 2.52 bits per heavy atom. The first kappa shape index (κ1) is 24.3. The fourth-order valence-electron chi connectivity index (χ4n) is 2.81. The van der Waals surface area contributed by atoms with E-state index in [1.165, 1.54) is 0 Å². The van der Waals surface area contributed by atoms with Crippen molar-refractivity contribution < 1.29 is 9.59 Å². The van der Waals surface area contributed by atoms with Gasteiger partial charge in [0.15, 0.2) is 11.5 Å². The molecule has 0 fully saturated rings. The summed E-state index contributed by atoms with van der Waals surface area (Å²) in [6.45, 7) is 7.95. The Morgan fingerprint density at radius 2 is 1.94 bits per heavy atom. The standard InChI is InChI=1S/C21H30N7O2Si/c1-5-15-18(25-12(2)3)28-19(16(27-15)17(22)29)26-14-8-6-7-13(11-14)9-10-24-20(30)21(4,23)31/h6-8,11-12H,5,9-10,23H2,1-4H3,(H2,22,29)(H,24,30)(H2,25,26,28)/t21-/m0/s1. The molecule has 1 aromatic carbocycles. The topological polar surface area (TPSA) is 148 Å². The van der Waals surface area contributed by atoms with E-state index in [1.54, 1.807) is 6.92 Å². The van der Waals surface area contributed by atoms with Crippen LogP contribution in [0.5, 0.6) is 0 Å². The van der Waals surface area contributed by atoms with Gasteiger partial charge in [-0.15, -0.1) is 0 Å². The quantitative estimate of drug-likeness (QED) is 0.349. The van der Waals surface area contributed by atoms with E-state index in [0.29, 0.717) is 30.9 Å². The first-order chi connectivity index (χ1) is 14.5. The summed E-state index contributed by atoms with van der Waals surface area (Å²) in [6, 6.07) is 7.74. The van der Waals surface area contributed by atoms with Gasteiger partial charge >= 0.3 is 0 Å². The average molecular weight is 441 g/mol. The zero-order valence-electron chi connectivity index (χ0n) is 18.4. The lowest BCUT2D eigenvalue weighted by Crippen LogP contribution is -2.52. The first-order valence-corrected chi connectivity index (χ1v) is 10.7. The van der Waals surface area contributed by atoms with Gasteiger partial charge in [-0.2, -0.15) is 0 Å². The van der Waals surface area contributed by atoms with Gasteiger partial charge in [0.05, 0.1) is 21.1 Å². The number of anilines is 3. The molecule has 31 heavy (non-hydrogen) atoms. The van der Waals surface area contributed by atoms with Crippen LogP contribution in [0.3, 0.4) is 0 Å². The van der Waals surface area contributed by atoms with Crippen molar-refractivity contribution in [3.05, 3.63) is 41.2 Å². The molecule has 0 aliphatic heterocycles. The van der Waals surface area contributed by atoms with Crippen LogP contribution in [0.15, 0.2) is 24.3 Å². The van der Waals surface area contributed by atoms with Crippen molar-refractivity contribution in [2.24, 2.45) is 11.5 Å². The first-order valence-electron chi connectivity index (χ1n) is 10.2. The van der Waals surface area contributed by atoms with Crippen molar-refractivity contribution in [1.29, 1.82) is 0 Å². The maximum absolute atomic E-state index is 12.0. The van der Waals surface area contributed by atoms with Gasteiger partial charge in [-0.05, 0) is 51.3 Å². The molecule has 1 heterocycles. The summed E-state index contributed by atoms with van der Waals surface area (Å²) in [7, 11) is 3.18. The lowest BCUT2D eigenvalue weighted by atomic mass is 10.1. The number of aromatic nitrogens is 2. The molecule has 0 unspecified atom stereocenters. The third-order valence-electron chi connectivity index (χ3n) is 4.32. The minimum absolute atomic E-state index is 0.0863. The van der Waals surface area contributed by atoms with E-state index in [2.05, 4.69) is 36.2 Å². The molecule has 2 aromatic rings. The van der Waals surface area contributed by atoms with Crippen LogP contribution in [0.1, 0.15) is 49.4 Å². The molecule has 1 atom stereocenters. The number of benzene rings is 1. The van der Waals surface area contributed by atoms with Crippen LogP contribution in [-0.4, -0.2) is 49.8 Å². The minimum atomic E-state index is -1.11. The SMILES string of the molecule is CCc1nc(C(N)=O)c(Nc2cccc(CCNC(=O)[C@@](C)(N)[Si])c2)nc1NC(C)C. The number of rotatable bonds is 10. The van der Waals surface area contributed by atoms with E-state index >= 15 is 0 Å². The van der Waals surface area contributed by atoms with Crippen LogP contribution >= 0.6 is 0 Å². The predicted octanol–water partition coefficient (Wildman–Crippen LogP) is 1.20. The number of nitrogens with one attached hydrogen (secondary N) is 3.